The van der Waals surface area contributed by atoms with Gasteiger partial charge in [0.2, 0.25) is 0 Å². The molecule has 19 heavy (non-hydrogen) atoms. The monoisotopic (exact) mass is 251 g/mol. The van der Waals surface area contributed by atoms with Crippen molar-refractivity contribution in [2.75, 3.05) is 5.73 Å². The van der Waals surface area contributed by atoms with Crippen molar-refractivity contribution in [3.05, 3.63) is 64.2 Å². The fourth-order valence-electron chi connectivity index (χ4n) is 2.81. The summed E-state index contributed by atoms with van der Waals surface area (Å²) in [5.41, 5.74) is 11.6. The number of anilines is 1. The van der Waals surface area contributed by atoms with E-state index in [0.717, 1.165) is 30.4 Å². The third-order valence-corrected chi connectivity index (χ3v) is 3.90. The van der Waals surface area contributed by atoms with E-state index in [4.69, 9.17) is 5.73 Å². The predicted molar refractivity (Wildman–Crippen MR) is 77.5 cm³/mol. The molecule has 0 radical (unpaired) electrons. The Balaban J connectivity index is 2.08. The zero-order chi connectivity index (χ0) is 13.4. The van der Waals surface area contributed by atoms with E-state index in [0.29, 0.717) is 11.3 Å². The van der Waals surface area contributed by atoms with Gasteiger partial charge in [-0.3, -0.25) is 4.79 Å². The zero-order valence-electron chi connectivity index (χ0n) is 11.1. The maximum absolute atomic E-state index is 12.6. The van der Waals surface area contributed by atoms with Gasteiger partial charge in [-0.25, -0.2) is 0 Å². The number of rotatable bonds is 2. The lowest BCUT2D eigenvalue weighted by atomic mass is 9.95. The van der Waals surface area contributed by atoms with Crippen LogP contribution in [-0.2, 0) is 12.8 Å². The summed E-state index contributed by atoms with van der Waals surface area (Å²) in [4.78, 5) is 12.6. The molecule has 0 amide bonds. The minimum atomic E-state index is 0.0327. The van der Waals surface area contributed by atoms with Gasteiger partial charge in [0, 0.05) is 16.8 Å². The molecule has 0 bridgehead atoms. The molecule has 0 saturated heterocycles. The van der Waals surface area contributed by atoms with E-state index in [1.165, 1.54) is 11.1 Å². The van der Waals surface area contributed by atoms with Crippen LogP contribution in [0.2, 0.25) is 0 Å². The Hall–Kier alpha value is -2.09. The largest absolute Gasteiger partial charge is 0.398 e. The molecule has 0 unspecified atom stereocenters. The summed E-state index contributed by atoms with van der Waals surface area (Å²) in [6, 6.07) is 11.6. The fraction of sp³-hybridized carbons (Fsp3) is 0.235. The van der Waals surface area contributed by atoms with Crippen LogP contribution in [0.15, 0.2) is 36.4 Å². The lowest BCUT2D eigenvalue weighted by Crippen LogP contribution is -2.08. The Bertz CT molecular complexity index is 658. The molecular formula is C17H17NO. The van der Waals surface area contributed by atoms with Crippen molar-refractivity contribution in [2.45, 2.75) is 26.2 Å². The number of hydrogen-bond acceptors (Lipinski definition) is 2. The van der Waals surface area contributed by atoms with Gasteiger partial charge in [0.25, 0.3) is 0 Å². The standard InChI is InChI=1S/C17H17NO/c1-11-5-2-3-8-14(11)17(19)15-9-12-6-4-7-13(12)10-16(15)18/h2-3,5,8-10H,4,6-7,18H2,1H3. The lowest BCUT2D eigenvalue weighted by molar-refractivity contribution is 0.103. The van der Waals surface area contributed by atoms with Crippen molar-refractivity contribution >= 4 is 11.5 Å². The highest BCUT2D eigenvalue weighted by Crippen LogP contribution is 2.28. The van der Waals surface area contributed by atoms with Gasteiger partial charge in [0.15, 0.2) is 5.78 Å². The van der Waals surface area contributed by atoms with Crippen molar-refractivity contribution in [3.8, 4) is 0 Å². The van der Waals surface area contributed by atoms with E-state index >= 15 is 0 Å². The van der Waals surface area contributed by atoms with Gasteiger partial charge in [-0.15, -0.1) is 0 Å². The number of carbonyl (C=O) groups excluding carboxylic acids is 1. The summed E-state index contributed by atoms with van der Waals surface area (Å²) in [5, 5.41) is 0. The molecule has 0 fully saturated rings. The van der Waals surface area contributed by atoms with Crippen molar-refractivity contribution < 1.29 is 4.79 Å². The van der Waals surface area contributed by atoms with Gasteiger partial charge in [-0.05, 0) is 55.0 Å². The number of benzene rings is 2. The van der Waals surface area contributed by atoms with Crippen molar-refractivity contribution in [2.24, 2.45) is 0 Å². The molecule has 1 aliphatic carbocycles. The van der Waals surface area contributed by atoms with Crippen LogP contribution in [0.3, 0.4) is 0 Å². The second kappa shape index (κ2) is 4.54. The first-order valence-corrected chi connectivity index (χ1v) is 6.68. The van der Waals surface area contributed by atoms with E-state index in [1.54, 1.807) is 0 Å². The van der Waals surface area contributed by atoms with Crippen LogP contribution in [0.5, 0.6) is 0 Å². The van der Waals surface area contributed by atoms with Gasteiger partial charge >= 0.3 is 0 Å². The van der Waals surface area contributed by atoms with Crippen LogP contribution in [0, 0.1) is 6.92 Å². The van der Waals surface area contributed by atoms with E-state index in [-0.39, 0.29) is 5.78 Å². The van der Waals surface area contributed by atoms with E-state index < -0.39 is 0 Å². The quantitative estimate of drug-likeness (QED) is 0.657. The van der Waals surface area contributed by atoms with Gasteiger partial charge < -0.3 is 5.73 Å². The van der Waals surface area contributed by atoms with Crippen LogP contribution >= 0.6 is 0 Å². The van der Waals surface area contributed by atoms with E-state index in [9.17, 15) is 4.79 Å². The third kappa shape index (κ3) is 2.03. The van der Waals surface area contributed by atoms with Crippen molar-refractivity contribution in [1.82, 2.24) is 0 Å². The first-order valence-electron chi connectivity index (χ1n) is 6.68. The molecule has 0 atom stereocenters. The van der Waals surface area contributed by atoms with Crippen LogP contribution < -0.4 is 5.73 Å². The summed E-state index contributed by atoms with van der Waals surface area (Å²) in [5.74, 6) is 0.0327. The Morgan fingerprint density at radius 1 is 1.05 bits per heavy atom. The molecule has 2 N–H and O–H groups in total. The number of hydrogen-bond donors (Lipinski definition) is 1. The molecule has 2 nitrogen and oxygen atoms in total. The summed E-state index contributed by atoms with van der Waals surface area (Å²) >= 11 is 0. The maximum atomic E-state index is 12.6. The molecule has 0 spiro atoms. The number of nitrogen functional groups attached to an aromatic ring is 1. The average Bonchev–Trinajstić information content (AvgIpc) is 2.84. The van der Waals surface area contributed by atoms with Gasteiger partial charge in [0.1, 0.15) is 0 Å². The molecule has 2 aromatic rings. The van der Waals surface area contributed by atoms with Gasteiger partial charge in [-0.2, -0.15) is 0 Å². The summed E-state index contributed by atoms with van der Waals surface area (Å²) in [6.07, 6.45) is 3.30. The SMILES string of the molecule is Cc1ccccc1C(=O)c1cc2c(cc1N)CCC2. The Labute approximate surface area is 113 Å². The molecule has 1 aliphatic rings. The predicted octanol–water partition coefficient (Wildman–Crippen LogP) is 3.30. The second-order valence-electron chi connectivity index (χ2n) is 5.21. The van der Waals surface area contributed by atoms with E-state index in [1.807, 2.05) is 43.3 Å². The highest BCUT2D eigenvalue weighted by molar-refractivity contribution is 6.13. The minimum absolute atomic E-state index is 0.0327. The zero-order valence-corrected chi connectivity index (χ0v) is 11.1. The number of carbonyl (C=O) groups is 1. The molecule has 0 saturated carbocycles. The molecule has 0 heterocycles. The Morgan fingerprint density at radius 2 is 1.74 bits per heavy atom. The third-order valence-electron chi connectivity index (χ3n) is 3.90. The Kier molecular flexibility index (Phi) is 2.86. The highest BCUT2D eigenvalue weighted by atomic mass is 16.1. The molecule has 0 aromatic heterocycles. The van der Waals surface area contributed by atoms with Crippen LogP contribution in [0.25, 0.3) is 0 Å². The van der Waals surface area contributed by atoms with Crippen LogP contribution in [0.4, 0.5) is 5.69 Å². The Morgan fingerprint density at radius 3 is 2.47 bits per heavy atom. The molecular weight excluding hydrogens is 234 g/mol. The topological polar surface area (TPSA) is 43.1 Å². The van der Waals surface area contributed by atoms with Crippen LogP contribution in [0.1, 0.15) is 39.0 Å². The molecule has 96 valence electrons. The molecule has 0 aliphatic heterocycles. The summed E-state index contributed by atoms with van der Waals surface area (Å²) in [6.45, 7) is 1.96. The normalized spacial score (nSPS) is 13.3. The van der Waals surface area contributed by atoms with Gasteiger partial charge in [-0.1, -0.05) is 24.3 Å². The number of nitrogens with two attached hydrogens (primary N) is 1. The highest BCUT2D eigenvalue weighted by Gasteiger charge is 2.19. The fourth-order valence-corrected chi connectivity index (χ4v) is 2.81. The van der Waals surface area contributed by atoms with Gasteiger partial charge in [0.05, 0.1) is 0 Å². The maximum Gasteiger partial charge on any atom is 0.195 e. The van der Waals surface area contributed by atoms with Crippen LogP contribution in [-0.4, -0.2) is 5.78 Å². The summed E-state index contributed by atoms with van der Waals surface area (Å²) in [7, 11) is 0. The second-order valence-corrected chi connectivity index (χ2v) is 5.21. The number of aryl methyl sites for hydroxylation is 3. The summed E-state index contributed by atoms with van der Waals surface area (Å²) < 4.78 is 0. The lowest BCUT2D eigenvalue weighted by Gasteiger charge is -2.10. The van der Waals surface area contributed by atoms with E-state index in [2.05, 4.69) is 0 Å². The molecule has 2 heteroatoms. The molecule has 3 rings (SSSR count). The number of fused-ring (bicyclic) bond motifs is 1. The number of ketones is 1. The van der Waals surface area contributed by atoms with Crippen molar-refractivity contribution in [3.63, 3.8) is 0 Å². The first-order chi connectivity index (χ1) is 9.16. The minimum Gasteiger partial charge on any atom is -0.398 e. The first kappa shape index (κ1) is 12.0. The smallest absolute Gasteiger partial charge is 0.195 e. The average molecular weight is 251 g/mol. The molecule has 2 aromatic carbocycles. The van der Waals surface area contributed by atoms with Crippen molar-refractivity contribution in [1.29, 1.82) is 0 Å².